The summed E-state index contributed by atoms with van der Waals surface area (Å²) in [6.07, 6.45) is 15.1. The molecule has 1 nitrogen and oxygen atoms in total. The topological polar surface area (TPSA) is 9.23 Å². The number of rotatable bonds is 7. The smallest absolute Gasteiger partial charge is 0.0909 e. The lowest BCUT2D eigenvalue weighted by atomic mass is 9.50. The minimum atomic E-state index is 0.335. The predicted molar refractivity (Wildman–Crippen MR) is 98.2 cm³/mol. The summed E-state index contributed by atoms with van der Waals surface area (Å²) < 4.78 is 12.5. The summed E-state index contributed by atoms with van der Waals surface area (Å²) in [5.41, 5.74) is 0.347. The molecule has 0 spiro atoms. The highest BCUT2D eigenvalue weighted by Crippen LogP contribution is 2.63. The normalized spacial score (nSPS) is 45.0. The molecular formula is C22H39FO. The van der Waals surface area contributed by atoms with Gasteiger partial charge >= 0.3 is 0 Å². The predicted octanol–water partition coefficient (Wildman–Crippen LogP) is 6.96. The molecule has 0 heterocycles. The molecule has 0 amide bonds. The number of hydrogen-bond donors (Lipinski definition) is 0. The van der Waals surface area contributed by atoms with Gasteiger partial charge in [0, 0.05) is 0 Å². The highest BCUT2D eigenvalue weighted by Gasteiger charge is 2.56. The zero-order valence-electron chi connectivity index (χ0n) is 16.2. The zero-order chi connectivity index (χ0) is 17.2. The van der Waals surface area contributed by atoms with Crippen molar-refractivity contribution in [3.63, 3.8) is 0 Å². The zero-order valence-corrected chi connectivity index (χ0v) is 16.2. The van der Waals surface area contributed by atoms with Crippen LogP contribution in [0.25, 0.3) is 0 Å². The lowest BCUT2D eigenvalue weighted by Crippen LogP contribution is -2.47. The van der Waals surface area contributed by atoms with Crippen LogP contribution in [0.4, 0.5) is 4.53 Å². The first-order chi connectivity index (χ1) is 11.7. The Kier molecular flexibility index (Phi) is 6.27. The van der Waals surface area contributed by atoms with Gasteiger partial charge in [0.25, 0.3) is 0 Å². The summed E-state index contributed by atoms with van der Waals surface area (Å²) in [6, 6.07) is 0. The molecule has 0 bridgehead atoms. The van der Waals surface area contributed by atoms with Crippen molar-refractivity contribution < 1.29 is 9.47 Å². The number of hydrogen-bond acceptors (Lipinski definition) is 1. The lowest BCUT2D eigenvalue weighted by molar-refractivity contribution is -0.163. The van der Waals surface area contributed by atoms with Crippen molar-refractivity contribution in [3.8, 4) is 0 Å². The standard InChI is InChI=1S/C22H39FO/c1-4-6-8-16-9-11-20-19(18(16)7-5-2)13-14-22(3)17(15-24-23)10-12-21(20)22/h16-21H,4-15H2,1-3H3. The molecule has 0 N–H and O–H groups in total. The largest absolute Gasteiger partial charge is 0.194 e. The summed E-state index contributed by atoms with van der Waals surface area (Å²) in [4.78, 5) is 4.10. The molecule has 3 saturated carbocycles. The highest BCUT2D eigenvalue weighted by molar-refractivity contribution is 5.05. The Morgan fingerprint density at radius 1 is 0.958 bits per heavy atom. The van der Waals surface area contributed by atoms with E-state index in [1.54, 1.807) is 0 Å². The third kappa shape index (κ3) is 3.29. The Labute approximate surface area is 149 Å². The summed E-state index contributed by atoms with van der Waals surface area (Å²) in [6.45, 7) is 7.50. The molecule has 7 atom stereocenters. The van der Waals surface area contributed by atoms with E-state index in [0.29, 0.717) is 17.9 Å². The maximum atomic E-state index is 12.5. The van der Waals surface area contributed by atoms with Crippen LogP contribution >= 0.6 is 0 Å². The van der Waals surface area contributed by atoms with Gasteiger partial charge in [0.2, 0.25) is 0 Å². The maximum Gasteiger partial charge on any atom is 0.0909 e. The quantitative estimate of drug-likeness (QED) is 0.487. The van der Waals surface area contributed by atoms with Crippen molar-refractivity contribution in [1.82, 2.24) is 0 Å². The number of unbranched alkanes of at least 4 members (excludes halogenated alkanes) is 1. The van der Waals surface area contributed by atoms with E-state index in [-0.39, 0.29) is 0 Å². The van der Waals surface area contributed by atoms with Crippen LogP contribution in [0, 0.1) is 40.9 Å². The summed E-state index contributed by atoms with van der Waals surface area (Å²) in [5, 5.41) is 0. The van der Waals surface area contributed by atoms with Gasteiger partial charge in [-0.2, -0.15) is 4.94 Å². The van der Waals surface area contributed by atoms with E-state index in [1.807, 2.05) is 0 Å². The second kappa shape index (κ2) is 8.06. The summed E-state index contributed by atoms with van der Waals surface area (Å²) in [7, 11) is 0. The third-order valence-corrected chi connectivity index (χ3v) is 8.53. The molecule has 3 fully saturated rings. The molecule has 140 valence electrons. The first kappa shape index (κ1) is 18.7. The Bertz CT molecular complexity index is 397. The Hall–Kier alpha value is -0.110. The van der Waals surface area contributed by atoms with Crippen LogP contribution in [-0.4, -0.2) is 6.61 Å². The van der Waals surface area contributed by atoms with Gasteiger partial charge in [-0.25, -0.2) is 0 Å². The van der Waals surface area contributed by atoms with E-state index >= 15 is 0 Å². The first-order valence-electron chi connectivity index (χ1n) is 10.9. The van der Waals surface area contributed by atoms with Gasteiger partial charge in [-0.15, -0.1) is 0 Å². The van der Waals surface area contributed by atoms with E-state index in [0.717, 1.165) is 29.6 Å². The van der Waals surface area contributed by atoms with Crippen LogP contribution in [0.15, 0.2) is 0 Å². The fraction of sp³-hybridized carbons (Fsp3) is 1.00. The molecular weight excluding hydrogens is 299 g/mol. The van der Waals surface area contributed by atoms with E-state index in [2.05, 4.69) is 25.7 Å². The summed E-state index contributed by atoms with van der Waals surface area (Å²) >= 11 is 0. The van der Waals surface area contributed by atoms with Gasteiger partial charge in [-0.1, -0.05) is 52.9 Å². The minimum absolute atomic E-state index is 0.335. The maximum absolute atomic E-state index is 12.5. The van der Waals surface area contributed by atoms with Crippen molar-refractivity contribution in [2.45, 2.75) is 91.4 Å². The lowest BCUT2D eigenvalue weighted by Gasteiger charge is -2.55. The van der Waals surface area contributed by atoms with Crippen LogP contribution in [0.2, 0.25) is 0 Å². The fourth-order valence-corrected chi connectivity index (χ4v) is 7.30. The Morgan fingerprint density at radius 2 is 1.79 bits per heavy atom. The van der Waals surface area contributed by atoms with Gasteiger partial charge in [0.1, 0.15) is 0 Å². The molecule has 24 heavy (non-hydrogen) atoms. The average Bonchev–Trinajstić information content (AvgIpc) is 2.91. The molecule has 0 aliphatic heterocycles. The SMILES string of the molecule is CCCCC1CCC2C(CCC3(C)C(COF)CCC23)C1CCC. The van der Waals surface area contributed by atoms with E-state index in [1.165, 1.54) is 70.6 Å². The highest BCUT2D eigenvalue weighted by atomic mass is 19.3. The third-order valence-electron chi connectivity index (χ3n) is 8.53. The second-order valence-electron chi connectivity index (χ2n) is 9.46. The van der Waals surface area contributed by atoms with Crippen molar-refractivity contribution in [3.05, 3.63) is 0 Å². The molecule has 0 aromatic carbocycles. The van der Waals surface area contributed by atoms with Gasteiger partial charge in [0.15, 0.2) is 0 Å². The van der Waals surface area contributed by atoms with Crippen LogP contribution < -0.4 is 0 Å². The van der Waals surface area contributed by atoms with E-state index in [4.69, 9.17) is 0 Å². The molecule has 0 radical (unpaired) electrons. The fourth-order valence-electron chi connectivity index (χ4n) is 7.30. The molecule has 7 unspecified atom stereocenters. The van der Waals surface area contributed by atoms with Gasteiger partial charge in [0.05, 0.1) is 6.61 Å². The van der Waals surface area contributed by atoms with Gasteiger partial charge < -0.3 is 0 Å². The van der Waals surface area contributed by atoms with E-state index in [9.17, 15) is 4.53 Å². The van der Waals surface area contributed by atoms with Crippen molar-refractivity contribution in [2.24, 2.45) is 40.9 Å². The molecule has 3 aliphatic rings. The molecule has 0 saturated heterocycles. The Balaban J connectivity index is 1.74. The van der Waals surface area contributed by atoms with Gasteiger partial charge in [-0.05, 0) is 84.0 Å². The molecule has 2 heteroatoms. The summed E-state index contributed by atoms with van der Waals surface area (Å²) in [5.74, 6) is 5.13. The first-order valence-corrected chi connectivity index (χ1v) is 10.9. The molecule has 3 aliphatic carbocycles. The van der Waals surface area contributed by atoms with Crippen LogP contribution in [0.1, 0.15) is 91.4 Å². The van der Waals surface area contributed by atoms with Crippen LogP contribution in [0.5, 0.6) is 0 Å². The van der Waals surface area contributed by atoms with E-state index < -0.39 is 0 Å². The second-order valence-corrected chi connectivity index (χ2v) is 9.46. The van der Waals surface area contributed by atoms with Crippen molar-refractivity contribution in [2.75, 3.05) is 6.61 Å². The van der Waals surface area contributed by atoms with Crippen LogP contribution in [0.3, 0.4) is 0 Å². The van der Waals surface area contributed by atoms with Crippen molar-refractivity contribution in [1.29, 1.82) is 0 Å². The van der Waals surface area contributed by atoms with Crippen molar-refractivity contribution >= 4 is 0 Å². The monoisotopic (exact) mass is 338 g/mol. The Morgan fingerprint density at radius 3 is 2.50 bits per heavy atom. The van der Waals surface area contributed by atoms with Gasteiger partial charge in [-0.3, -0.25) is 0 Å². The molecule has 3 rings (SSSR count). The van der Waals surface area contributed by atoms with Crippen LogP contribution in [-0.2, 0) is 4.94 Å². The number of fused-ring (bicyclic) bond motifs is 3. The average molecular weight is 339 g/mol. The molecule has 0 aromatic rings. The number of halogens is 1. The molecule has 0 aromatic heterocycles. The minimum Gasteiger partial charge on any atom is -0.194 e.